The number of carbonyl (C=O) groups is 1. The Bertz CT molecular complexity index is 1040. The maximum absolute atomic E-state index is 12.8. The lowest BCUT2D eigenvalue weighted by Crippen LogP contribution is -2.41. The Labute approximate surface area is 183 Å². The first-order valence-electron chi connectivity index (χ1n) is 9.83. The first-order valence-corrected chi connectivity index (χ1v) is 10.6. The molecule has 4 rings (SSSR count). The number of aryl methyl sites for hydroxylation is 1. The molecule has 1 atom stereocenters. The summed E-state index contributed by atoms with van der Waals surface area (Å²) in [5, 5.41) is 7.13. The zero-order valence-electron chi connectivity index (χ0n) is 16.9. The van der Waals surface area contributed by atoms with E-state index in [1.807, 2.05) is 54.3 Å². The van der Waals surface area contributed by atoms with E-state index in [1.165, 1.54) is 0 Å². The van der Waals surface area contributed by atoms with Crippen LogP contribution in [0.5, 0.6) is 5.75 Å². The van der Waals surface area contributed by atoms with Crippen molar-refractivity contribution in [2.24, 2.45) is 5.92 Å². The number of benzene rings is 2. The first kappa shape index (κ1) is 20.4. The van der Waals surface area contributed by atoms with E-state index in [-0.39, 0.29) is 11.8 Å². The molecule has 1 saturated heterocycles. The number of halogens is 1. The fraction of sp³-hybridized carbons (Fsp3) is 0.318. The Kier molecular flexibility index (Phi) is 6.03. The van der Waals surface area contributed by atoms with Crippen molar-refractivity contribution in [3.8, 4) is 17.1 Å². The lowest BCUT2D eigenvalue weighted by atomic mass is 9.97. The molecule has 1 aromatic heterocycles. The number of rotatable bonds is 5. The Hall–Kier alpha value is -2.87. The van der Waals surface area contributed by atoms with Crippen LogP contribution in [0.15, 0.2) is 51.5 Å². The van der Waals surface area contributed by atoms with Gasteiger partial charge in [-0.05, 0) is 77.7 Å². The second-order valence-electron chi connectivity index (χ2n) is 7.39. The predicted molar refractivity (Wildman–Crippen MR) is 119 cm³/mol. The van der Waals surface area contributed by atoms with Crippen LogP contribution < -0.4 is 15.0 Å². The first-order chi connectivity index (χ1) is 14.5. The molecule has 0 aliphatic carbocycles. The standard InChI is InChI=1S/C22H23BrN4O3/c1-14-5-10-19(18(23)12-14)24-21(28)16-4-3-11-27(13-16)22-25-20(26-30-22)15-6-8-17(29-2)9-7-15/h5-10,12,16H,3-4,11,13H2,1-2H3,(H,24,28)/t16-/m0/s1. The highest BCUT2D eigenvalue weighted by Crippen LogP contribution is 2.28. The van der Waals surface area contributed by atoms with Crippen molar-refractivity contribution in [2.75, 3.05) is 30.4 Å². The number of ether oxygens (including phenoxy) is 1. The minimum atomic E-state index is -0.150. The number of amides is 1. The van der Waals surface area contributed by atoms with Crippen LogP contribution in [0, 0.1) is 12.8 Å². The van der Waals surface area contributed by atoms with E-state index >= 15 is 0 Å². The maximum atomic E-state index is 12.8. The molecule has 0 bridgehead atoms. The fourth-order valence-electron chi connectivity index (χ4n) is 3.52. The van der Waals surface area contributed by atoms with E-state index in [1.54, 1.807) is 7.11 Å². The third kappa shape index (κ3) is 4.48. The fourth-order valence-corrected chi connectivity index (χ4v) is 4.11. The van der Waals surface area contributed by atoms with Crippen LogP contribution in [0.4, 0.5) is 11.7 Å². The minimum Gasteiger partial charge on any atom is -0.497 e. The summed E-state index contributed by atoms with van der Waals surface area (Å²) >= 11 is 3.52. The summed E-state index contributed by atoms with van der Waals surface area (Å²) in [6.07, 6.45) is 1.71. The Balaban J connectivity index is 1.43. The maximum Gasteiger partial charge on any atom is 0.324 e. The van der Waals surface area contributed by atoms with Gasteiger partial charge in [0.05, 0.1) is 18.7 Å². The summed E-state index contributed by atoms with van der Waals surface area (Å²) in [4.78, 5) is 19.3. The summed E-state index contributed by atoms with van der Waals surface area (Å²) in [7, 11) is 1.63. The number of nitrogens with zero attached hydrogens (tertiary/aromatic N) is 3. The molecule has 1 fully saturated rings. The summed E-state index contributed by atoms with van der Waals surface area (Å²) in [6.45, 7) is 3.34. The molecule has 8 heteroatoms. The van der Waals surface area contributed by atoms with Gasteiger partial charge in [0.1, 0.15) is 5.75 Å². The van der Waals surface area contributed by atoms with Crippen molar-refractivity contribution in [1.82, 2.24) is 10.1 Å². The van der Waals surface area contributed by atoms with Crippen molar-refractivity contribution >= 4 is 33.5 Å². The van der Waals surface area contributed by atoms with E-state index in [4.69, 9.17) is 9.26 Å². The molecule has 2 aromatic carbocycles. The normalized spacial score (nSPS) is 16.4. The number of anilines is 2. The molecule has 1 aliphatic heterocycles. The average molecular weight is 471 g/mol. The van der Waals surface area contributed by atoms with Crippen LogP contribution in [-0.2, 0) is 4.79 Å². The second-order valence-corrected chi connectivity index (χ2v) is 8.24. The number of carbonyl (C=O) groups excluding carboxylic acids is 1. The van der Waals surface area contributed by atoms with Crippen LogP contribution in [-0.4, -0.2) is 36.2 Å². The van der Waals surface area contributed by atoms with Gasteiger partial charge in [-0.2, -0.15) is 4.98 Å². The highest BCUT2D eigenvalue weighted by atomic mass is 79.9. The van der Waals surface area contributed by atoms with Gasteiger partial charge in [0.25, 0.3) is 0 Å². The molecule has 1 N–H and O–H groups in total. The van der Waals surface area contributed by atoms with Gasteiger partial charge in [-0.25, -0.2) is 0 Å². The Morgan fingerprint density at radius 1 is 1.27 bits per heavy atom. The van der Waals surface area contributed by atoms with Crippen LogP contribution in [0.1, 0.15) is 18.4 Å². The zero-order chi connectivity index (χ0) is 21.1. The molecular weight excluding hydrogens is 448 g/mol. The molecule has 7 nitrogen and oxygen atoms in total. The van der Waals surface area contributed by atoms with Crippen molar-refractivity contribution in [1.29, 1.82) is 0 Å². The SMILES string of the molecule is COc1ccc(-c2noc(N3CCC[C@H](C(=O)Nc4ccc(C)cc4Br)C3)n2)cc1. The number of piperidine rings is 1. The largest absolute Gasteiger partial charge is 0.497 e. The number of hydrogen-bond acceptors (Lipinski definition) is 6. The van der Waals surface area contributed by atoms with Crippen LogP contribution in [0.2, 0.25) is 0 Å². The van der Waals surface area contributed by atoms with Crippen LogP contribution >= 0.6 is 15.9 Å². The number of methoxy groups -OCH3 is 1. The Morgan fingerprint density at radius 3 is 2.80 bits per heavy atom. The van der Waals surface area contributed by atoms with Gasteiger partial charge < -0.3 is 19.5 Å². The van der Waals surface area contributed by atoms with Gasteiger partial charge in [-0.15, -0.1) is 0 Å². The van der Waals surface area contributed by atoms with Crippen LogP contribution in [0.25, 0.3) is 11.4 Å². The molecule has 3 aromatic rings. The van der Waals surface area contributed by atoms with Gasteiger partial charge in [-0.1, -0.05) is 11.2 Å². The number of nitrogens with one attached hydrogen (secondary N) is 1. The number of aromatic nitrogens is 2. The molecule has 0 radical (unpaired) electrons. The minimum absolute atomic E-state index is 0.000791. The molecule has 1 amide bonds. The molecule has 30 heavy (non-hydrogen) atoms. The second kappa shape index (κ2) is 8.87. The average Bonchev–Trinajstić information content (AvgIpc) is 3.26. The summed E-state index contributed by atoms with van der Waals surface area (Å²) in [5.41, 5.74) is 2.76. The van der Waals surface area contributed by atoms with Crippen LogP contribution in [0.3, 0.4) is 0 Å². The van der Waals surface area contributed by atoms with Gasteiger partial charge in [0, 0.05) is 23.1 Å². The highest BCUT2D eigenvalue weighted by Gasteiger charge is 2.29. The molecule has 1 aliphatic rings. The smallest absolute Gasteiger partial charge is 0.324 e. The quantitative estimate of drug-likeness (QED) is 0.583. The molecule has 0 saturated carbocycles. The van der Waals surface area contributed by atoms with E-state index in [2.05, 4.69) is 31.4 Å². The molecule has 0 spiro atoms. The van der Waals surface area contributed by atoms with Gasteiger partial charge >= 0.3 is 6.01 Å². The molecule has 2 heterocycles. The monoisotopic (exact) mass is 470 g/mol. The van der Waals surface area contributed by atoms with Crippen molar-refractivity contribution in [2.45, 2.75) is 19.8 Å². The van der Waals surface area contributed by atoms with E-state index in [0.29, 0.717) is 18.4 Å². The molecular formula is C22H23BrN4O3. The van der Waals surface area contributed by atoms with Gasteiger partial charge in [-0.3, -0.25) is 4.79 Å². The topological polar surface area (TPSA) is 80.5 Å². The summed E-state index contributed by atoms with van der Waals surface area (Å²) < 4.78 is 11.5. The molecule has 156 valence electrons. The third-order valence-electron chi connectivity index (χ3n) is 5.21. The highest BCUT2D eigenvalue weighted by molar-refractivity contribution is 9.10. The zero-order valence-corrected chi connectivity index (χ0v) is 18.5. The summed E-state index contributed by atoms with van der Waals surface area (Å²) in [6, 6.07) is 13.8. The predicted octanol–water partition coefficient (Wildman–Crippen LogP) is 4.67. The lowest BCUT2D eigenvalue weighted by molar-refractivity contribution is -0.120. The van der Waals surface area contributed by atoms with E-state index in [0.717, 1.165) is 46.4 Å². The molecule has 0 unspecified atom stereocenters. The van der Waals surface area contributed by atoms with E-state index in [9.17, 15) is 4.79 Å². The van der Waals surface area contributed by atoms with Crippen molar-refractivity contribution < 1.29 is 14.1 Å². The summed E-state index contributed by atoms with van der Waals surface area (Å²) in [5.74, 6) is 1.14. The Morgan fingerprint density at radius 2 is 2.07 bits per heavy atom. The number of hydrogen-bond donors (Lipinski definition) is 1. The lowest BCUT2D eigenvalue weighted by Gasteiger charge is -2.30. The third-order valence-corrected chi connectivity index (χ3v) is 5.86. The van der Waals surface area contributed by atoms with Gasteiger partial charge in [0.2, 0.25) is 11.7 Å². The van der Waals surface area contributed by atoms with Gasteiger partial charge in [0.15, 0.2) is 0 Å². The van der Waals surface area contributed by atoms with E-state index < -0.39 is 0 Å². The van der Waals surface area contributed by atoms with Crippen molar-refractivity contribution in [3.63, 3.8) is 0 Å². The van der Waals surface area contributed by atoms with Crippen molar-refractivity contribution in [3.05, 3.63) is 52.5 Å².